The van der Waals surface area contributed by atoms with Crippen molar-refractivity contribution in [1.29, 1.82) is 0 Å². The second kappa shape index (κ2) is 15.6. The van der Waals surface area contributed by atoms with E-state index >= 15 is 0 Å². The second-order valence-electron chi connectivity index (χ2n) is 10.2. The second-order valence-corrected chi connectivity index (χ2v) is 10.2. The number of carboxylic acids is 2. The van der Waals surface area contributed by atoms with Crippen LogP contribution in [0, 0.1) is 11.8 Å². The lowest BCUT2D eigenvalue weighted by Crippen LogP contribution is -2.58. The SMILES string of the molecule is CC(C)CC(NC(=O)C(Cc1ccc(O)cc1)NC(=O)C(CC(C)C)NC(=O)C(N)CCC(=O)O)C(=O)O. The Kier molecular flexibility index (Phi) is 13.2. The highest BCUT2D eigenvalue weighted by Crippen LogP contribution is 2.13. The minimum atomic E-state index is -1.21. The van der Waals surface area contributed by atoms with Crippen LogP contribution in [0.4, 0.5) is 0 Å². The molecule has 38 heavy (non-hydrogen) atoms. The average Bonchev–Trinajstić information content (AvgIpc) is 2.81. The smallest absolute Gasteiger partial charge is 0.326 e. The third-order valence-corrected chi connectivity index (χ3v) is 5.68. The van der Waals surface area contributed by atoms with Gasteiger partial charge in [0.25, 0.3) is 0 Å². The molecular formula is C26H40N4O8. The molecule has 12 nitrogen and oxygen atoms in total. The molecule has 0 saturated carbocycles. The largest absolute Gasteiger partial charge is 0.508 e. The number of carbonyl (C=O) groups is 5. The monoisotopic (exact) mass is 536 g/mol. The van der Waals surface area contributed by atoms with E-state index in [0.29, 0.717) is 5.56 Å². The van der Waals surface area contributed by atoms with Crippen molar-refractivity contribution in [3.8, 4) is 5.75 Å². The van der Waals surface area contributed by atoms with Crippen molar-refractivity contribution < 1.29 is 39.3 Å². The Labute approximate surface area is 222 Å². The number of hydrogen-bond donors (Lipinski definition) is 7. The fraction of sp³-hybridized carbons (Fsp3) is 0.577. The van der Waals surface area contributed by atoms with Crippen LogP contribution in [-0.4, -0.2) is 69.1 Å². The number of amides is 3. The van der Waals surface area contributed by atoms with Crippen LogP contribution in [0.5, 0.6) is 5.75 Å². The lowest BCUT2D eigenvalue weighted by atomic mass is 9.99. The van der Waals surface area contributed by atoms with Crippen LogP contribution < -0.4 is 21.7 Å². The summed E-state index contributed by atoms with van der Waals surface area (Å²) in [5, 5.41) is 35.6. The number of carbonyl (C=O) groups excluding carboxylic acids is 3. The maximum Gasteiger partial charge on any atom is 0.326 e. The summed E-state index contributed by atoms with van der Waals surface area (Å²) in [6.07, 6.45) is -0.0451. The first-order chi connectivity index (χ1) is 17.7. The Morgan fingerprint density at radius 1 is 0.763 bits per heavy atom. The van der Waals surface area contributed by atoms with Gasteiger partial charge in [0.05, 0.1) is 6.04 Å². The Bertz CT molecular complexity index is 964. The van der Waals surface area contributed by atoms with Crippen LogP contribution in [0.1, 0.15) is 58.9 Å². The third-order valence-electron chi connectivity index (χ3n) is 5.68. The number of phenolic OH excluding ortho intramolecular Hbond substituents is 1. The molecule has 0 aliphatic carbocycles. The van der Waals surface area contributed by atoms with E-state index in [9.17, 15) is 34.2 Å². The zero-order chi connectivity index (χ0) is 29.0. The van der Waals surface area contributed by atoms with Crippen molar-refractivity contribution in [3.05, 3.63) is 29.8 Å². The predicted molar refractivity (Wildman–Crippen MR) is 139 cm³/mol. The molecule has 0 bridgehead atoms. The number of phenols is 1. The van der Waals surface area contributed by atoms with Gasteiger partial charge in [0.15, 0.2) is 0 Å². The minimum Gasteiger partial charge on any atom is -0.508 e. The quantitative estimate of drug-likeness (QED) is 0.159. The van der Waals surface area contributed by atoms with Crippen molar-refractivity contribution in [1.82, 2.24) is 16.0 Å². The summed E-state index contributed by atoms with van der Waals surface area (Å²) in [6, 6.07) is 1.42. The first-order valence-corrected chi connectivity index (χ1v) is 12.6. The zero-order valence-electron chi connectivity index (χ0n) is 22.3. The Morgan fingerprint density at radius 2 is 1.24 bits per heavy atom. The number of nitrogens with two attached hydrogens (primary N) is 1. The number of rotatable bonds is 16. The number of hydrogen-bond acceptors (Lipinski definition) is 7. The van der Waals surface area contributed by atoms with Crippen LogP contribution >= 0.6 is 0 Å². The van der Waals surface area contributed by atoms with Gasteiger partial charge in [-0.2, -0.15) is 0 Å². The number of nitrogens with one attached hydrogen (secondary N) is 3. The normalized spacial score (nSPS) is 14.3. The first kappa shape index (κ1) is 32.4. The van der Waals surface area contributed by atoms with Crippen LogP contribution in [0.3, 0.4) is 0 Å². The Hall–Kier alpha value is -3.67. The van der Waals surface area contributed by atoms with E-state index in [0.717, 1.165) is 0 Å². The molecule has 1 rings (SSSR count). The Morgan fingerprint density at radius 3 is 1.74 bits per heavy atom. The van der Waals surface area contributed by atoms with Crippen molar-refractivity contribution >= 4 is 29.7 Å². The van der Waals surface area contributed by atoms with Crippen LogP contribution in [0.2, 0.25) is 0 Å². The molecule has 3 amide bonds. The molecule has 12 heteroatoms. The topological polar surface area (TPSA) is 208 Å². The summed E-state index contributed by atoms with van der Waals surface area (Å²) < 4.78 is 0. The molecular weight excluding hydrogens is 496 g/mol. The average molecular weight is 537 g/mol. The summed E-state index contributed by atoms with van der Waals surface area (Å²) in [4.78, 5) is 61.5. The van der Waals surface area contributed by atoms with Crippen molar-refractivity contribution in [2.24, 2.45) is 17.6 Å². The summed E-state index contributed by atoms with van der Waals surface area (Å²) in [5.74, 6) is -4.44. The number of aromatic hydroxyl groups is 1. The van der Waals surface area contributed by atoms with E-state index < -0.39 is 53.8 Å². The molecule has 0 aliphatic rings. The van der Waals surface area contributed by atoms with Gasteiger partial charge in [-0.15, -0.1) is 0 Å². The lowest BCUT2D eigenvalue weighted by Gasteiger charge is -2.26. The number of aliphatic carboxylic acids is 2. The molecule has 0 aromatic heterocycles. The van der Waals surface area contributed by atoms with E-state index in [2.05, 4.69) is 16.0 Å². The molecule has 0 saturated heterocycles. The maximum absolute atomic E-state index is 13.3. The van der Waals surface area contributed by atoms with E-state index in [1.54, 1.807) is 12.1 Å². The molecule has 0 aliphatic heterocycles. The first-order valence-electron chi connectivity index (χ1n) is 12.6. The summed E-state index contributed by atoms with van der Waals surface area (Å²) in [6.45, 7) is 7.30. The summed E-state index contributed by atoms with van der Waals surface area (Å²) >= 11 is 0. The molecule has 4 unspecified atom stereocenters. The van der Waals surface area contributed by atoms with Crippen LogP contribution in [-0.2, 0) is 30.4 Å². The van der Waals surface area contributed by atoms with Crippen molar-refractivity contribution in [3.63, 3.8) is 0 Å². The van der Waals surface area contributed by atoms with Crippen LogP contribution in [0.15, 0.2) is 24.3 Å². The highest BCUT2D eigenvalue weighted by atomic mass is 16.4. The van der Waals surface area contributed by atoms with Gasteiger partial charge in [-0.05, 0) is 48.8 Å². The molecule has 8 N–H and O–H groups in total. The van der Waals surface area contributed by atoms with Crippen molar-refractivity contribution in [2.45, 2.75) is 84.0 Å². The van der Waals surface area contributed by atoms with E-state index in [1.165, 1.54) is 12.1 Å². The van der Waals surface area contributed by atoms with Gasteiger partial charge in [0, 0.05) is 12.8 Å². The summed E-state index contributed by atoms with van der Waals surface area (Å²) in [7, 11) is 0. The molecule has 212 valence electrons. The number of benzene rings is 1. The van der Waals surface area contributed by atoms with Gasteiger partial charge in [-0.25, -0.2) is 4.79 Å². The number of carboxylic acid groups (broad SMARTS) is 2. The van der Waals surface area contributed by atoms with Gasteiger partial charge < -0.3 is 37.0 Å². The predicted octanol–water partition coefficient (Wildman–Crippen LogP) is 0.758. The van der Waals surface area contributed by atoms with E-state index in [-0.39, 0.29) is 49.7 Å². The van der Waals surface area contributed by atoms with Gasteiger partial charge in [0.2, 0.25) is 17.7 Å². The van der Waals surface area contributed by atoms with E-state index in [4.69, 9.17) is 10.8 Å². The molecule has 0 radical (unpaired) electrons. The lowest BCUT2D eigenvalue weighted by molar-refractivity contribution is -0.143. The molecule has 0 heterocycles. The molecule has 0 fully saturated rings. The summed E-state index contributed by atoms with van der Waals surface area (Å²) in [5.41, 5.74) is 6.38. The highest BCUT2D eigenvalue weighted by molar-refractivity contribution is 5.94. The minimum absolute atomic E-state index is 0.00760. The van der Waals surface area contributed by atoms with Gasteiger partial charge >= 0.3 is 11.9 Å². The Balaban J connectivity index is 3.14. The zero-order valence-corrected chi connectivity index (χ0v) is 22.3. The maximum atomic E-state index is 13.3. The third kappa shape index (κ3) is 12.0. The molecule has 1 aromatic carbocycles. The fourth-order valence-corrected chi connectivity index (χ4v) is 3.71. The molecule has 0 spiro atoms. The highest BCUT2D eigenvalue weighted by Gasteiger charge is 2.31. The van der Waals surface area contributed by atoms with Gasteiger partial charge in [0.1, 0.15) is 23.9 Å². The molecule has 4 atom stereocenters. The van der Waals surface area contributed by atoms with Crippen LogP contribution in [0.25, 0.3) is 0 Å². The molecule has 1 aromatic rings. The van der Waals surface area contributed by atoms with Crippen molar-refractivity contribution in [2.75, 3.05) is 0 Å². The standard InChI is InChI=1S/C26H40N4O8/c1-14(2)11-19(28-23(34)18(27)9-10-22(32)33)24(35)29-20(13-16-5-7-17(31)8-6-16)25(36)30-21(26(37)38)12-15(3)4/h5-8,14-15,18-21,31H,9-13,27H2,1-4H3,(H,28,34)(H,29,35)(H,30,36)(H,32,33)(H,37,38). The fourth-order valence-electron chi connectivity index (χ4n) is 3.71. The van der Waals surface area contributed by atoms with Gasteiger partial charge in [-0.3, -0.25) is 19.2 Å². The van der Waals surface area contributed by atoms with E-state index in [1.807, 2.05) is 27.7 Å². The van der Waals surface area contributed by atoms with Gasteiger partial charge in [-0.1, -0.05) is 39.8 Å².